The average Bonchev–Trinajstić information content (AvgIpc) is 3.00. The lowest BCUT2D eigenvalue weighted by Gasteiger charge is -2.43. The van der Waals surface area contributed by atoms with Gasteiger partial charge in [0.1, 0.15) is 5.75 Å². The molecule has 0 unspecified atom stereocenters. The molecule has 1 heterocycles. The quantitative estimate of drug-likeness (QED) is 0.315. The van der Waals surface area contributed by atoms with Crippen molar-refractivity contribution in [1.29, 1.82) is 0 Å². The van der Waals surface area contributed by atoms with Crippen LogP contribution in [0.1, 0.15) is 41.5 Å². The highest BCUT2D eigenvalue weighted by atomic mass is 31.1. The van der Waals surface area contributed by atoms with Crippen molar-refractivity contribution in [3.05, 3.63) is 66.7 Å². The van der Waals surface area contributed by atoms with Crippen LogP contribution in [0.15, 0.2) is 66.7 Å². The molecule has 30 heavy (non-hydrogen) atoms. The summed E-state index contributed by atoms with van der Waals surface area (Å²) < 4.78 is 8.42. The van der Waals surface area contributed by atoms with Crippen LogP contribution in [0.25, 0.3) is 27.5 Å². The molecule has 4 aromatic rings. The minimum Gasteiger partial charge on any atom is -0.496 e. The standard InChI is InChI=1S/C27H32NOP/c1-26(2,3)30(27(4,5)6)25-23(17-12-18-24(25)29-7)28-21-15-10-8-13-19(21)20-14-9-11-16-22(20)28/h8-18H,1-7H3. The molecule has 1 aromatic heterocycles. The summed E-state index contributed by atoms with van der Waals surface area (Å²) >= 11 is 0. The number of ether oxygens (including phenoxy) is 1. The lowest BCUT2D eigenvalue weighted by atomic mass is 10.2. The van der Waals surface area contributed by atoms with Gasteiger partial charge in [-0.05, 0) is 34.6 Å². The van der Waals surface area contributed by atoms with Crippen LogP contribution in [-0.4, -0.2) is 22.0 Å². The van der Waals surface area contributed by atoms with Crippen LogP contribution in [0.4, 0.5) is 0 Å². The van der Waals surface area contributed by atoms with Gasteiger partial charge in [-0.15, -0.1) is 0 Å². The monoisotopic (exact) mass is 417 g/mol. The Balaban J connectivity index is 2.17. The largest absolute Gasteiger partial charge is 0.496 e. The third-order valence-electron chi connectivity index (χ3n) is 5.58. The second kappa shape index (κ2) is 7.43. The van der Waals surface area contributed by atoms with E-state index in [9.17, 15) is 0 Å². The molecular formula is C27H32NOP. The fourth-order valence-electron chi connectivity index (χ4n) is 4.94. The van der Waals surface area contributed by atoms with Gasteiger partial charge < -0.3 is 9.30 Å². The van der Waals surface area contributed by atoms with Gasteiger partial charge in [0, 0.05) is 16.1 Å². The van der Waals surface area contributed by atoms with Crippen molar-refractivity contribution < 1.29 is 4.74 Å². The molecule has 0 fully saturated rings. The van der Waals surface area contributed by atoms with E-state index in [4.69, 9.17) is 4.74 Å². The van der Waals surface area contributed by atoms with Crippen LogP contribution < -0.4 is 10.0 Å². The van der Waals surface area contributed by atoms with Crippen LogP contribution in [0.5, 0.6) is 5.75 Å². The molecule has 0 aliphatic rings. The number of para-hydroxylation sites is 2. The maximum Gasteiger partial charge on any atom is 0.128 e. The number of rotatable bonds is 3. The summed E-state index contributed by atoms with van der Waals surface area (Å²) in [6.45, 7) is 14.2. The van der Waals surface area contributed by atoms with Crippen LogP contribution in [0.2, 0.25) is 0 Å². The molecule has 0 bridgehead atoms. The smallest absolute Gasteiger partial charge is 0.128 e. The fourth-order valence-corrected chi connectivity index (χ4v) is 9.08. The predicted molar refractivity (Wildman–Crippen MR) is 133 cm³/mol. The summed E-state index contributed by atoms with van der Waals surface area (Å²) in [5.41, 5.74) is 3.72. The van der Waals surface area contributed by atoms with E-state index in [1.807, 2.05) is 0 Å². The zero-order valence-corrected chi connectivity index (χ0v) is 20.0. The Bertz CT molecular complexity index is 1140. The summed E-state index contributed by atoms with van der Waals surface area (Å²) in [7, 11) is 1.25. The molecule has 3 aromatic carbocycles. The number of hydrogen-bond donors (Lipinski definition) is 0. The topological polar surface area (TPSA) is 14.2 Å². The van der Waals surface area contributed by atoms with Gasteiger partial charge in [-0.3, -0.25) is 0 Å². The van der Waals surface area contributed by atoms with E-state index in [2.05, 4.69) is 113 Å². The number of benzene rings is 3. The Morgan fingerprint density at radius 1 is 0.667 bits per heavy atom. The third-order valence-corrected chi connectivity index (χ3v) is 9.16. The van der Waals surface area contributed by atoms with Gasteiger partial charge in [0.05, 0.1) is 23.8 Å². The Morgan fingerprint density at radius 2 is 1.17 bits per heavy atom. The van der Waals surface area contributed by atoms with Gasteiger partial charge in [-0.2, -0.15) is 0 Å². The lowest BCUT2D eigenvalue weighted by Crippen LogP contribution is -2.33. The van der Waals surface area contributed by atoms with Crippen LogP contribution >= 0.6 is 7.92 Å². The van der Waals surface area contributed by atoms with Gasteiger partial charge in [-0.1, -0.05) is 91.9 Å². The van der Waals surface area contributed by atoms with Gasteiger partial charge in [0.15, 0.2) is 0 Å². The van der Waals surface area contributed by atoms with Gasteiger partial charge in [0.2, 0.25) is 0 Å². The molecule has 4 rings (SSSR count). The molecule has 156 valence electrons. The Hall–Kier alpha value is -2.31. The summed E-state index contributed by atoms with van der Waals surface area (Å²) in [6, 6.07) is 24.0. The normalized spacial score (nSPS) is 12.8. The minimum absolute atomic E-state index is 0.135. The first-order chi connectivity index (χ1) is 14.1. The van der Waals surface area contributed by atoms with Crippen molar-refractivity contribution in [1.82, 2.24) is 4.57 Å². The highest BCUT2D eigenvalue weighted by Crippen LogP contribution is 2.60. The molecule has 0 atom stereocenters. The van der Waals surface area contributed by atoms with Crippen molar-refractivity contribution >= 4 is 35.0 Å². The zero-order chi connectivity index (χ0) is 21.7. The number of methoxy groups -OCH3 is 1. The Morgan fingerprint density at radius 3 is 1.63 bits per heavy atom. The molecule has 0 aliphatic carbocycles. The van der Waals surface area contributed by atoms with E-state index in [1.165, 1.54) is 32.8 Å². The van der Waals surface area contributed by atoms with Crippen molar-refractivity contribution in [2.24, 2.45) is 0 Å². The predicted octanol–water partition coefficient (Wildman–Crippen LogP) is 7.50. The highest BCUT2D eigenvalue weighted by Gasteiger charge is 2.39. The van der Waals surface area contributed by atoms with E-state index in [0.29, 0.717) is 0 Å². The fraction of sp³-hybridized carbons (Fsp3) is 0.333. The maximum absolute atomic E-state index is 5.98. The number of hydrogen-bond acceptors (Lipinski definition) is 1. The van der Waals surface area contributed by atoms with E-state index >= 15 is 0 Å². The second-order valence-corrected chi connectivity index (χ2v) is 13.7. The first kappa shape index (κ1) is 20.9. The number of aromatic nitrogens is 1. The molecule has 0 saturated heterocycles. The second-order valence-electron chi connectivity index (χ2n) is 9.87. The molecule has 0 aliphatic heterocycles. The van der Waals surface area contributed by atoms with E-state index < -0.39 is 7.92 Å². The van der Waals surface area contributed by atoms with E-state index in [0.717, 1.165) is 5.75 Å². The first-order valence-corrected chi connectivity index (χ1v) is 11.9. The highest BCUT2D eigenvalue weighted by molar-refractivity contribution is 7.69. The van der Waals surface area contributed by atoms with Crippen LogP contribution in [0.3, 0.4) is 0 Å². The number of fused-ring (bicyclic) bond motifs is 3. The lowest BCUT2D eigenvalue weighted by molar-refractivity contribution is 0.418. The summed E-state index contributed by atoms with van der Waals surface area (Å²) in [4.78, 5) is 0. The van der Waals surface area contributed by atoms with Gasteiger partial charge in [0.25, 0.3) is 0 Å². The molecule has 0 amide bonds. The van der Waals surface area contributed by atoms with Crippen molar-refractivity contribution in [3.8, 4) is 11.4 Å². The van der Waals surface area contributed by atoms with Gasteiger partial charge >= 0.3 is 0 Å². The SMILES string of the molecule is COc1cccc(-n2c3ccccc3c3ccccc32)c1P(C(C)(C)C)C(C)(C)C. The number of nitrogens with zero attached hydrogens (tertiary/aromatic N) is 1. The zero-order valence-electron chi connectivity index (χ0n) is 19.2. The molecule has 3 heteroatoms. The molecular weight excluding hydrogens is 385 g/mol. The van der Waals surface area contributed by atoms with Crippen LogP contribution in [0, 0.1) is 0 Å². The first-order valence-electron chi connectivity index (χ1n) is 10.6. The van der Waals surface area contributed by atoms with Gasteiger partial charge in [-0.25, -0.2) is 0 Å². The van der Waals surface area contributed by atoms with E-state index in [-0.39, 0.29) is 10.3 Å². The molecule has 0 N–H and O–H groups in total. The average molecular weight is 418 g/mol. The summed E-state index contributed by atoms with van der Waals surface area (Å²) in [5.74, 6) is 0.991. The van der Waals surface area contributed by atoms with E-state index in [1.54, 1.807) is 7.11 Å². The summed E-state index contributed by atoms with van der Waals surface area (Å²) in [6.07, 6.45) is 0. The maximum atomic E-state index is 5.98. The Labute approximate surface area is 181 Å². The van der Waals surface area contributed by atoms with Crippen molar-refractivity contribution in [2.75, 3.05) is 7.11 Å². The van der Waals surface area contributed by atoms with Crippen molar-refractivity contribution in [3.63, 3.8) is 0 Å². The van der Waals surface area contributed by atoms with Crippen LogP contribution in [-0.2, 0) is 0 Å². The third kappa shape index (κ3) is 3.42. The summed E-state index contributed by atoms with van der Waals surface area (Å²) in [5, 5.41) is 4.20. The molecule has 0 saturated carbocycles. The molecule has 0 radical (unpaired) electrons. The molecule has 2 nitrogen and oxygen atoms in total. The molecule has 0 spiro atoms. The minimum atomic E-state index is -0.547. The Kier molecular flexibility index (Phi) is 5.19. The van der Waals surface area contributed by atoms with Crippen molar-refractivity contribution in [2.45, 2.75) is 51.9 Å².